The number of hydrogen-bond donors (Lipinski definition) is 1. The van der Waals surface area contributed by atoms with Gasteiger partial charge >= 0.3 is 0 Å². The predicted molar refractivity (Wildman–Crippen MR) is 109 cm³/mol. The Morgan fingerprint density at radius 1 is 0.889 bits per heavy atom. The van der Waals surface area contributed by atoms with Crippen molar-refractivity contribution in [2.75, 3.05) is 41.3 Å². The molecule has 1 aliphatic heterocycles. The first kappa shape index (κ1) is 17.3. The van der Waals surface area contributed by atoms with Crippen LogP contribution in [0.1, 0.15) is 11.5 Å². The lowest BCUT2D eigenvalue weighted by molar-refractivity contribution is 0.646. The second kappa shape index (κ2) is 8.03. The molecule has 138 valence electrons. The van der Waals surface area contributed by atoms with Gasteiger partial charge in [-0.3, -0.25) is 4.98 Å². The Kier molecular flexibility index (Phi) is 5.14. The van der Waals surface area contributed by atoms with Gasteiger partial charge in [-0.05, 0) is 31.2 Å². The van der Waals surface area contributed by atoms with Crippen LogP contribution < -0.4 is 15.1 Å². The van der Waals surface area contributed by atoms with Crippen molar-refractivity contribution in [1.29, 1.82) is 0 Å². The van der Waals surface area contributed by atoms with Crippen LogP contribution >= 0.6 is 0 Å². The molecule has 0 amide bonds. The smallest absolute Gasteiger partial charge is 0.134 e. The molecule has 1 aromatic carbocycles. The van der Waals surface area contributed by atoms with Crippen LogP contribution in [0.4, 0.5) is 17.3 Å². The van der Waals surface area contributed by atoms with E-state index in [4.69, 9.17) is 0 Å². The Bertz CT molecular complexity index is 860. The van der Waals surface area contributed by atoms with E-state index < -0.39 is 0 Å². The molecule has 0 saturated carbocycles. The van der Waals surface area contributed by atoms with Crippen molar-refractivity contribution in [3.05, 3.63) is 72.3 Å². The summed E-state index contributed by atoms with van der Waals surface area (Å²) in [6.45, 7) is 6.47. The summed E-state index contributed by atoms with van der Waals surface area (Å²) in [5, 5.41) is 3.37. The van der Waals surface area contributed by atoms with Crippen molar-refractivity contribution in [3.8, 4) is 0 Å². The van der Waals surface area contributed by atoms with E-state index in [1.54, 1.807) is 6.20 Å². The van der Waals surface area contributed by atoms with Crippen molar-refractivity contribution >= 4 is 17.3 Å². The van der Waals surface area contributed by atoms with Crippen LogP contribution in [0, 0.1) is 6.92 Å². The van der Waals surface area contributed by atoms with E-state index in [1.807, 2.05) is 31.2 Å². The fraction of sp³-hybridized carbons (Fsp3) is 0.286. The van der Waals surface area contributed by atoms with E-state index in [0.717, 1.165) is 49.3 Å². The lowest BCUT2D eigenvalue weighted by atomic mass is 10.2. The number of hydrogen-bond acceptors (Lipinski definition) is 6. The minimum atomic E-state index is 0.651. The molecule has 0 atom stereocenters. The number of pyridine rings is 1. The molecule has 6 nitrogen and oxygen atoms in total. The molecule has 6 heteroatoms. The molecule has 4 rings (SSSR count). The number of anilines is 3. The Morgan fingerprint density at radius 2 is 1.63 bits per heavy atom. The van der Waals surface area contributed by atoms with Crippen LogP contribution in [0.15, 0.2) is 60.8 Å². The first-order chi connectivity index (χ1) is 13.3. The van der Waals surface area contributed by atoms with Gasteiger partial charge in [0.25, 0.3) is 0 Å². The summed E-state index contributed by atoms with van der Waals surface area (Å²) < 4.78 is 0. The summed E-state index contributed by atoms with van der Waals surface area (Å²) in [5.41, 5.74) is 2.28. The maximum Gasteiger partial charge on any atom is 0.134 e. The quantitative estimate of drug-likeness (QED) is 0.754. The van der Waals surface area contributed by atoms with Crippen LogP contribution in [-0.4, -0.2) is 41.1 Å². The van der Waals surface area contributed by atoms with Crippen molar-refractivity contribution in [2.24, 2.45) is 0 Å². The molecule has 0 radical (unpaired) electrons. The lowest BCUT2D eigenvalue weighted by Gasteiger charge is -2.36. The van der Waals surface area contributed by atoms with Gasteiger partial charge < -0.3 is 15.1 Å². The highest BCUT2D eigenvalue weighted by atomic mass is 15.3. The summed E-state index contributed by atoms with van der Waals surface area (Å²) in [6, 6.07) is 18.5. The summed E-state index contributed by atoms with van der Waals surface area (Å²) >= 11 is 0. The molecular formula is C21H24N6. The minimum absolute atomic E-state index is 0.651. The fourth-order valence-corrected chi connectivity index (χ4v) is 3.32. The van der Waals surface area contributed by atoms with E-state index in [0.29, 0.717) is 6.54 Å². The van der Waals surface area contributed by atoms with E-state index in [9.17, 15) is 0 Å². The molecule has 1 N–H and O–H groups in total. The maximum atomic E-state index is 4.65. The highest BCUT2D eigenvalue weighted by Crippen LogP contribution is 2.21. The van der Waals surface area contributed by atoms with E-state index in [-0.39, 0.29) is 0 Å². The third kappa shape index (κ3) is 4.34. The number of aryl methyl sites for hydroxylation is 1. The molecule has 1 saturated heterocycles. The summed E-state index contributed by atoms with van der Waals surface area (Å²) in [6.07, 6.45) is 1.81. The molecule has 1 aliphatic rings. The van der Waals surface area contributed by atoms with Gasteiger partial charge in [-0.15, -0.1) is 0 Å². The van der Waals surface area contributed by atoms with Gasteiger partial charge in [0.1, 0.15) is 17.5 Å². The predicted octanol–water partition coefficient (Wildman–Crippen LogP) is 3.12. The molecule has 2 aromatic heterocycles. The normalized spacial score (nSPS) is 14.3. The second-order valence-corrected chi connectivity index (χ2v) is 6.64. The monoisotopic (exact) mass is 360 g/mol. The van der Waals surface area contributed by atoms with E-state index in [2.05, 4.69) is 60.4 Å². The Hall–Kier alpha value is -3.15. The number of nitrogens with zero attached hydrogens (tertiary/aromatic N) is 5. The van der Waals surface area contributed by atoms with Crippen molar-refractivity contribution < 1.29 is 0 Å². The largest absolute Gasteiger partial charge is 0.368 e. The zero-order valence-corrected chi connectivity index (χ0v) is 15.5. The number of piperazine rings is 1. The Labute approximate surface area is 159 Å². The number of benzene rings is 1. The third-order valence-corrected chi connectivity index (χ3v) is 4.73. The third-order valence-electron chi connectivity index (χ3n) is 4.73. The number of nitrogens with one attached hydrogen (secondary N) is 1. The van der Waals surface area contributed by atoms with Gasteiger partial charge in [0.15, 0.2) is 0 Å². The molecule has 27 heavy (non-hydrogen) atoms. The Balaban J connectivity index is 1.41. The molecule has 0 unspecified atom stereocenters. The van der Waals surface area contributed by atoms with E-state index >= 15 is 0 Å². The molecular weight excluding hydrogens is 336 g/mol. The van der Waals surface area contributed by atoms with Crippen molar-refractivity contribution in [2.45, 2.75) is 13.5 Å². The highest BCUT2D eigenvalue weighted by molar-refractivity contribution is 5.52. The van der Waals surface area contributed by atoms with Crippen LogP contribution in [0.5, 0.6) is 0 Å². The van der Waals surface area contributed by atoms with Crippen molar-refractivity contribution in [3.63, 3.8) is 0 Å². The standard InChI is InChI=1S/C21H24N6/c1-17-24-20(23-16-18-7-5-6-10-22-18)15-21(25-17)27-13-11-26(12-14-27)19-8-3-2-4-9-19/h2-10,15H,11-14,16H2,1H3,(H,23,24,25). The summed E-state index contributed by atoms with van der Waals surface area (Å²) in [7, 11) is 0. The molecule has 3 heterocycles. The van der Waals surface area contributed by atoms with Crippen LogP contribution in [-0.2, 0) is 6.54 Å². The van der Waals surface area contributed by atoms with Gasteiger partial charge in [0.05, 0.1) is 12.2 Å². The average Bonchev–Trinajstić information content (AvgIpc) is 2.73. The minimum Gasteiger partial charge on any atom is -0.368 e. The first-order valence-corrected chi connectivity index (χ1v) is 9.32. The number of rotatable bonds is 5. The van der Waals surface area contributed by atoms with Crippen LogP contribution in [0.25, 0.3) is 0 Å². The molecule has 1 fully saturated rings. The SMILES string of the molecule is Cc1nc(NCc2ccccn2)cc(N2CCN(c3ccccc3)CC2)n1. The second-order valence-electron chi connectivity index (χ2n) is 6.64. The lowest BCUT2D eigenvalue weighted by Crippen LogP contribution is -2.46. The zero-order valence-electron chi connectivity index (χ0n) is 15.5. The van der Waals surface area contributed by atoms with Gasteiger partial charge in [0.2, 0.25) is 0 Å². The molecule has 0 bridgehead atoms. The summed E-state index contributed by atoms with van der Waals surface area (Å²) in [5.74, 6) is 2.61. The van der Waals surface area contributed by atoms with Gasteiger partial charge in [-0.1, -0.05) is 24.3 Å². The first-order valence-electron chi connectivity index (χ1n) is 9.32. The van der Waals surface area contributed by atoms with Crippen LogP contribution in [0.3, 0.4) is 0 Å². The van der Waals surface area contributed by atoms with Gasteiger partial charge in [-0.2, -0.15) is 0 Å². The Morgan fingerprint density at radius 3 is 2.37 bits per heavy atom. The molecule has 3 aromatic rings. The zero-order chi connectivity index (χ0) is 18.5. The summed E-state index contributed by atoms with van der Waals surface area (Å²) in [4.78, 5) is 18.3. The number of para-hydroxylation sites is 1. The van der Waals surface area contributed by atoms with Gasteiger partial charge in [0, 0.05) is 44.1 Å². The highest BCUT2D eigenvalue weighted by Gasteiger charge is 2.19. The average molecular weight is 360 g/mol. The molecule has 0 aliphatic carbocycles. The topological polar surface area (TPSA) is 57.2 Å². The van der Waals surface area contributed by atoms with Gasteiger partial charge in [-0.25, -0.2) is 9.97 Å². The van der Waals surface area contributed by atoms with E-state index in [1.165, 1.54) is 5.69 Å². The molecule has 0 spiro atoms. The van der Waals surface area contributed by atoms with Crippen LogP contribution in [0.2, 0.25) is 0 Å². The maximum absolute atomic E-state index is 4.65. The van der Waals surface area contributed by atoms with Crippen molar-refractivity contribution in [1.82, 2.24) is 15.0 Å². The fourth-order valence-electron chi connectivity index (χ4n) is 3.32. The number of aromatic nitrogens is 3.